The van der Waals surface area contributed by atoms with E-state index in [4.69, 9.17) is 4.74 Å². The van der Waals surface area contributed by atoms with Crippen LogP contribution in [-0.4, -0.2) is 19.7 Å². The lowest BCUT2D eigenvalue weighted by atomic mass is 10.1. The van der Waals surface area contributed by atoms with Gasteiger partial charge in [0.1, 0.15) is 18.2 Å². The molecule has 100 valence electrons. The van der Waals surface area contributed by atoms with Crippen LogP contribution in [0.25, 0.3) is 0 Å². The van der Waals surface area contributed by atoms with Gasteiger partial charge < -0.3 is 10.1 Å². The Kier molecular flexibility index (Phi) is 5.00. The first kappa shape index (κ1) is 13.3. The lowest BCUT2D eigenvalue weighted by molar-refractivity contribution is 0.305. The fourth-order valence-corrected chi connectivity index (χ4v) is 2.48. The predicted molar refractivity (Wildman–Crippen MR) is 71.5 cm³/mol. The molecule has 0 atom stereocenters. The van der Waals surface area contributed by atoms with Crippen molar-refractivity contribution in [3.05, 3.63) is 29.6 Å². The van der Waals surface area contributed by atoms with Gasteiger partial charge in [-0.05, 0) is 43.9 Å². The second-order valence-electron chi connectivity index (χ2n) is 5.11. The molecule has 0 spiro atoms. The molecular weight excluding hydrogens is 229 g/mol. The summed E-state index contributed by atoms with van der Waals surface area (Å²) in [5.41, 5.74) is 0.979. The van der Waals surface area contributed by atoms with Crippen LogP contribution < -0.4 is 10.1 Å². The van der Waals surface area contributed by atoms with Crippen LogP contribution in [0.15, 0.2) is 18.2 Å². The van der Waals surface area contributed by atoms with Crippen LogP contribution in [0, 0.1) is 18.7 Å². The fraction of sp³-hybridized carbons (Fsp3) is 0.600. The molecule has 0 unspecified atom stereocenters. The van der Waals surface area contributed by atoms with Crippen molar-refractivity contribution in [1.29, 1.82) is 0 Å². The van der Waals surface area contributed by atoms with Gasteiger partial charge in [-0.25, -0.2) is 4.39 Å². The van der Waals surface area contributed by atoms with Crippen molar-refractivity contribution in [3.8, 4) is 5.75 Å². The van der Waals surface area contributed by atoms with Crippen LogP contribution in [0.1, 0.15) is 31.2 Å². The molecule has 2 rings (SSSR count). The molecule has 1 aromatic rings. The van der Waals surface area contributed by atoms with Gasteiger partial charge in [-0.15, -0.1) is 0 Å². The topological polar surface area (TPSA) is 21.3 Å². The van der Waals surface area contributed by atoms with E-state index in [1.165, 1.54) is 37.8 Å². The summed E-state index contributed by atoms with van der Waals surface area (Å²) >= 11 is 0. The van der Waals surface area contributed by atoms with E-state index in [9.17, 15) is 4.39 Å². The minimum absolute atomic E-state index is 0.241. The van der Waals surface area contributed by atoms with E-state index in [-0.39, 0.29) is 5.82 Å². The summed E-state index contributed by atoms with van der Waals surface area (Å²) in [6, 6.07) is 4.66. The molecule has 0 aromatic heterocycles. The Morgan fingerprint density at radius 2 is 2.11 bits per heavy atom. The number of rotatable bonds is 6. The summed E-state index contributed by atoms with van der Waals surface area (Å²) in [5, 5.41) is 3.41. The van der Waals surface area contributed by atoms with Crippen molar-refractivity contribution in [1.82, 2.24) is 5.32 Å². The Morgan fingerprint density at radius 3 is 2.89 bits per heavy atom. The van der Waals surface area contributed by atoms with Gasteiger partial charge in [-0.1, -0.05) is 18.9 Å². The van der Waals surface area contributed by atoms with Crippen molar-refractivity contribution in [2.75, 3.05) is 19.7 Å². The molecule has 1 aromatic carbocycles. The van der Waals surface area contributed by atoms with Crippen LogP contribution in [-0.2, 0) is 0 Å². The molecule has 18 heavy (non-hydrogen) atoms. The summed E-state index contributed by atoms with van der Waals surface area (Å²) in [6.45, 7) is 4.44. The van der Waals surface area contributed by atoms with Crippen molar-refractivity contribution >= 4 is 0 Å². The van der Waals surface area contributed by atoms with E-state index >= 15 is 0 Å². The van der Waals surface area contributed by atoms with Crippen LogP contribution in [0.2, 0.25) is 0 Å². The smallest absolute Gasteiger partial charge is 0.126 e. The van der Waals surface area contributed by atoms with E-state index in [1.54, 1.807) is 6.07 Å². The zero-order chi connectivity index (χ0) is 12.8. The molecular formula is C15H22FNO. The van der Waals surface area contributed by atoms with Crippen molar-refractivity contribution in [3.63, 3.8) is 0 Å². The van der Waals surface area contributed by atoms with Crippen molar-refractivity contribution < 1.29 is 9.13 Å². The van der Waals surface area contributed by atoms with E-state index in [2.05, 4.69) is 5.32 Å². The Hall–Kier alpha value is -1.09. The molecule has 1 saturated carbocycles. The number of hydrogen-bond acceptors (Lipinski definition) is 2. The third-order valence-corrected chi connectivity index (χ3v) is 3.59. The molecule has 0 heterocycles. The van der Waals surface area contributed by atoms with E-state index in [0.29, 0.717) is 12.4 Å². The third-order valence-electron chi connectivity index (χ3n) is 3.59. The maximum atomic E-state index is 13.0. The second-order valence-corrected chi connectivity index (χ2v) is 5.11. The minimum atomic E-state index is -0.241. The summed E-state index contributed by atoms with van der Waals surface area (Å²) in [7, 11) is 0. The largest absolute Gasteiger partial charge is 0.492 e. The maximum Gasteiger partial charge on any atom is 0.126 e. The monoisotopic (exact) mass is 251 g/mol. The van der Waals surface area contributed by atoms with Gasteiger partial charge in [0, 0.05) is 12.6 Å². The first-order valence-electron chi connectivity index (χ1n) is 6.85. The van der Waals surface area contributed by atoms with E-state index in [0.717, 1.165) is 24.6 Å². The van der Waals surface area contributed by atoms with Crippen molar-refractivity contribution in [2.24, 2.45) is 5.92 Å². The van der Waals surface area contributed by atoms with Crippen molar-refractivity contribution in [2.45, 2.75) is 32.6 Å². The van der Waals surface area contributed by atoms with Crippen LogP contribution in [0.3, 0.4) is 0 Å². The highest BCUT2D eigenvalue weighted by Gasteiger charge is 2.13. The molecule has 1 fully saturated rings. The first-order chi connectivity index (χ1) is 8.75. The number of aryl methyl sites for hydroxylation is 1. The van der Waals surface area contributed by atoms with Crippen LogP contribution in [0.4, 0.5) is 4.39 Å². The van der Waals surface area contributed by atoms with E-state index in [1.807, 2.05) is 6.92 Å². The predicted octanol–water partition coefficient (Wildman–Crippen LogP) is 3.29. The standard InChI is InChI=1S/C15H22FNO/c1-12-6-7-14(16)10-15(12)18-9-8-17-11-13-4-2-3-5-13/h6-7,10,13,17H,2-5,8-9,11H2,1H3. The minimum Gasteiger partial charge on any atom is -0.492 e. The molecule has 1 N–H and O–H groups in total. The molecule has 2 nitrogen and oxygen atoms in total. The van der Waals surface area contributed by atoms with E-state index < -0.39 is 0 Å². The Bertz CT molecular complexity index is 375. The SMILES string of the molecule is Cc1ccc(F)cc1OCCNCC1CCCC1. The molecule has 0 bridgehead atoms. The average molecular weight is 251 g/mol. The molecule has 0 amide bonds. The quantitative estimate of drug-likeness (QED) is 0.783. The molecule has 1 aliphatic rings. The molecule has 0 saturated heterocycles. The number of halogens is 1. The Morgan fingerprint density at radius 1 is 1.33 bits per heavy atom. The summed E-state index contributed by atoms with van der Waals surface area (Å²) in [5.74, 6) is 1.26. The fourth-order valence-electron chi connectivity index (χ4n) is 2.48. The van der Waals surface area contributed by atoms with Gasteiger partial charge in [-0.2, -0.15) is 0 Å². The number of ether oxygens (including phenoxy) is 1. The number of hydrogen-bond donors (Lipinski definition) is 1. The van der Waals surface area contributed by atoms with Gasteiger partial charge in [0.2, 0.25) is 0 Å². The van der Waals surface area contributed by atoms with Gasteiger partial charge in [-0.3, -0.25) is 0 Å². The van der Waals surface area contributed by atoms with Gasteiger partial charge in [0.05, 0.1) is 0 Å². The molecule has 0 radical (unpaired) electrons. The number of nitrogens with one attached hydrogen (secondary N) is 1. The maximum absolute atomic E-state index is 13.0. The molecule has 1 aliphatic carbocycles. The first-order valence-corrected chi connectivity index (χ1v) is 6.85. The highest BCUT2D eigenvalue weighted by molar-refractivity contribution is 5.32. The van der Waals surface area contributed by atoms with Crippen LogP contribution in [0.5, 0.6) is 5.75 Å². The summed E-state index contributed by atoms with van der Waals surface area (Å²) < 4.78 is 18.6. The van der Waals surface area contributed by atoms with Crippen LogP contribution >= 0.6 is 0 Å². The zero-order valence-electron chi connectivity index (χ0n) is 11.0. The summed E-state index contributed by atoms with van der Waals surface area (Å²) in [6.07, 6.45) is 5.48. The Labute approximate surface area is 109 Å². The molecule has 0 aliphatic heterocycles. The highest BCUT2D eigenvalue weighted by Crippen LogP contribution is 2.23. The molecule has 3 heteroatoms. The lowest BCUT2D eigenvalue weighted by Gasteiger charge is -2.12. The average Bonchev–Trinajstić information content (AvgIpc) is 2.86. The second kappa shape index (κ2) is 6.74. The number of benzene rings is 1. The van der Waals surface area contributed by atoms with Gasteiger partial charge in [0.25, 0.3) is 0 Å². The lowest BCUT2D eigenvalue weighted by Crippen LogP contribution is -2.26. The normalized spacial score (nSPS) is 16.1. The highest BCUT2D eigenvalue weighted by atomic mass is 19.1. The zero-order valence-corrected chi connectivity index (χ0v) is 11.0. The van der Waals surface area contributed by atoms with Gasteiger partial charge in [0.15, 0.2) is 0 Å². The third kappa shape index (κ3) is 3.98. The Balaban J connectivity index is 1.64. The summed E-state index contributed by atoms with van der Waals surface area (Å²) in [4.78, 5) is 0. The van der Waals surface area contributed by atoms with Gasteiger partial charge >= 0.3 is 0 Å².